The first kappa shape index (κ1) is 20.8. The van der Waals surface area contributed by atoms with E-state index in [0.29, 0.717) is 6.54 Å². The fraction of sp³-hybridized carbons (Fsp3) is 0.346. The first-order valence-electron chi connectivity index (χ1n) is 11.8. The molecule has 4 aromatic rings. The minimum Gasteiger partial charge on any atom is -0.465 e. The van der Waals surface area contributed by atoms with Crippen molar-refractivity contribution < 1.29 is 9.90 Å². The van der Waals surface area contributed by atoms with Gasteiger partial charge in [-0.1, -0.05) is 0 Å². The molecule has 8 nitrogen and oxygen atoms in total. The van der Waals surface area contributed by atoms with E-state index in [1.807, 2.05) is 36.4 Å². The van der Waals surface area contributed by atoms with Gasteiger partial charge in [-0.3, -0.25) is 4.68 Å². The standard InChI is InChI=1S/C26H28N6O2/c1-16-13-27-25-21(16)12-18(14-28-25)17-10-19-15-31(24-5-7-29-30(24)2)9-6-20(19)22(11-17)23-4-3-8-32(23)26(33)34/h5,7,10-14,23H,3-4,6,8-9,15H2,1-2H3,(H,27,28)(H,33,34)/t23-/m0/s1. The maximum atomic E-state index is 12.0. The monoisotopic (exact) mass is 456 g/mol. The van der Waals surface area contributed by atoms with E-state index in [-0.39, 0.29) is 6.04 Å². The molecule has 0 saturated carbocycles. The van der Waals surface area contributed by atoms with Crippen molar-refractivity contribution in [1.82, 2.24) is 24.6 Å². The van der Waals surface area contributed by atoms with Gasteiger partial charge in [0.1, 0.15) is 11.5 Å². The van der Waals surface area contributed by atoms with Crippen LogP contribution in [0.15, 0.2) is 42.9 Å². The number of hydrogen-bond donors (Lipinski definition) is 2. The summed E-state index contributed by atoms with van der Waals surface area (Å²) in [6, 6.07) is 8.62. The Morgan fingerprint density at radius 2 is 2.09 bits per heavy atom. The second-order valence-corrected chi connectivity index (χ2v) is 9.41. The van der Waals surface area contributed by atoms with E-state index in [2.05, 4.69) is 45.1 Å². The Bertz CT molecular complexity index is 1400. The van der Waals surface area contributed by atoms with Gasteiger partial charge in [-0.2, -0.15) is 5.10 Å². The predicted octanol–water partition coefficient (Wildman–Crippen LogP) is 4.65. The molecule has 174 valence electrons. The Morgan fingerprint density at radius 3 is 2.88 bits per heavy atom. The first-order valence-corrected chi connectivity index (χ1v) is 11.8. The fourth-order valence-corrected chi connectivity index (χ4v) is 5.68. The summed E-state index contributed by atoms with van der Waals surface area (Å²) in [6.45, 7) is 4.33. The Hall–Kier alpha value is -3.81. The summed E-state index contributed by atoms with van der Waals surface area (Å²) in [4.78, 5) is 23.8. The van der Waals surface area contributed by atoms with Gasteiger partial charge in [-0.15, -0.1) is 0 Å². The molecule has 1 amide bonds. The number of likely N-dealkylation sites (tertiary alicyclic amines) is 1. The molecule has 5 heterocycles. The van der Waals surface area contributed by atoms with E-state index in [4.69, 9.17) is 0 Å². The highest BCUT2D eigenvalue weighted by Crippen LogP contribution is 2.40. The van der Waals surface area contributed by atoms with Crippen LogP contribution in [0.3, 0.4) is 0 Å². The van der Waals surface area contributed by atoms with Gasteiger partial charge >= 0.3 is 6.09 Å². The number of anilines is 1. The molecule has 34 heavy (non-hydrogen) atoms. The average molecular weight is 457 g/mol. The maximum absolute atomic E-state index is 12.0. The number of fused-ring (bicyclic) bond motifs is 2. The van der Waals surface area contributed by atoms with E-state index in [1.54, 1.807) is 4.90 Å². The quantitative estimate of drug-likeness (QED) is 0.468. The lowest BCUT2D eigenvalue weighted by atomic mass is 9.86. The van der Waals surface area contributed by atoms with Gasteiger partial charge in [0, 0.05) is 56.1 Å². The van der Waals surface area contributed by atoms with Crippen molar-refractivity contribution in [1.29, 1.82) is 0 Å². The molecule has 2 N–H and O–H groups in total. The van der Waals surface area contributed by atoms with Gasteiger partial charge in [-0.25, -0.2) is 9.78 Å². The zero-order chi connectivity index (χ0) is 23.4. The van der Waals surface area contributed by atoms with Crippen molar-refractivity contribution in [2.24, 2.45) is 7.05 Å². The van der Waals surface area contributed by atoms with Crippen molar-refractivity contribution in [2.45, 2.75) is 38.8 Å². The largest absolute Gasteiger partial charge is 0.465 e. The van der Waals surface area contributed by atoms with Crippen LogP contribution in [0, 0.1) is 6.92 Å². The number of H-pyrrole nitrogens is 1. The van der Waals surface area contributed by atoms with Crippen LogP contribution in [-0.4, -0.2) is 48.9 Å². The van der Waals surface area contributed by atoms with Crippen molar-refractivity contribution in [3.63, 3.8) is 0 Å². The number of carbonyl (C=O) groups is 1. The number of benzene rings is 1. The van der Waals surface area contributed by atoms with Gasteiger partial charge in [0.25, 0.3) is 0 Å². The summed E-state index contributed by atoms with van der Waals surface area (Å²) in [6.07, 6.45) is 7.53. The number of rotatable bonds is 3. The SMILES string of the molecule is Cc1c[nH]c2ncc(-c3cc4c(c([C@@H]5CCCN5C(=O)O)c3)CCN(c3ccnn3C)C4)cc12. The number of aromatic amines is 1. The van der Waals surface area contributed by atoms with E-state index < -0.39 is 6.09 Å². The summed E-state index contributed by atoms with van der Waals surface area (Å²) >= 11 is 0. The van der Waals surface area contributed by atoms with Gasteiger partial charge in [0.15, 0.2) is 0 Å². The lowest BCUT2D eigenvalue weighted by molar-refractivity contribution is 0.140. The molecular formula is C26H28N6O2. The molecule has 6 rings (SSSR count). The van der Waals surface area contributed by atoms with Crippen molar-refractivity contribution in [2.75, 3.05) is 18.0 Å². The predicted molar refractivity (Wildman–Crippen MR) is 131 cm³/mol. The van der Waals surface area contributed by atoms with Crippen LogP contribution >= 0.6 is 0 Å². The Morgan fingerprint density at radius 1 is 1.21 bits per heavy atom. The third kappa shape index (κ3) is 3.32. The van der Waals surface area contributed by atoms with E-state index in [1.165, 1.54) is 11.1 Å². The molecule has 0 unspecified atom stereocenters. The number of carboxylic acid groups (broad SMARTS) is 1. The fourth-order valence-electron chi connectivity index (χ4n) is 5.68. The molecule has 1 aromatic carbocycles. The third-order valence-corrected chi connectivity index (χ3v) is 7.42. The van der Waals surface area contributed by atoms with Crippen molar-refractivity contribution >= 4 is 22.9 Å². The van der Waals surface area contributed by atoms with Gasteiger partial charge < -0.3 is 19.9 Å². The Kier molecular flexibility index (Phi) is 4.83. The summed E-state index contributed by atoms with van der Waals surface area (Å²) in [7, 11) is 1.97. The number of nitrogens with one attached hydrogen (secondary N) is 1. The van der Waals surface area contributed by atoms with E-state index >= 15 is 0 Å². The molecule has 1 saturated heterocycles. The van der Waals surface area contributed by atoms with Crippen LogP contribution in [0.4, 0.5) is 10.6 Å². The van der Waals surface area contributed by atoms with Crippen LogP contribution in [0.1, 0.15) is 41.1 Å². The molecular weight excluding hydrogens is 428 g/mol. The lowest BCUT2D eigenvalue weighted by Crippen LogP contribution is -2.34. The van der Waals surface area contributed by atoms with E-state index in [9.17, 15) is 9.90 Å². The molecule has 0 bridgehead atoms. The number of pyridine rings is 1. The first-order chi connectivity index (χ1) is 16.5. The van der Waals surface area contributed by atoms with Crippen LogP contribution < -0.4 is 4.90 Å². The smallest absolute Gasteiger partial charge is 0.407 e. The summed E-state index contributed by atoms with van der Waals surface area (Å²) < 4.78 is 1.91. The number of nitrogens with zero attached hydrogens (tertiary/aromatic N) is 5. The highest BCUT2D eigenvalue weighted by atomic mass is 16.4. The van der Waals surface area contributed by atoms with Crippen LogP contribution in [0.2, 0.25) is 0 Å². The summed E-state index contributed by atoms with van der Waals surface area (Å²) in [5.41, 5.74) is 7.90. The minimum atomic E-state index is -0.833. The Balaban J connectivity index is 1.49. The van der Waals surface area contributed by atoms with Crippen LogP contribution in [0.25, 0.3) is 22.2 Å². The van der Waals surface area contributed by atoms with Gasteiger partial charge in [0.2, 0.25) is 0 Å². The topological polar surface area (TPSA) is 90.3 Å². The molecule has 2 aliphatic rings. The molecule has 0 aliphatic carbocycles. The molecule has 2 aliphatic heterocycles. The molecule has 8 heteroatoms. The second-order valence-electron chi connectivity index (χ2n) is 9.41. The normalized spacial score (nSPS) is 18.0. The zero-order valence-corrected chi connectivity index (χ0v) is 19.5. The molecule has 0 spiro atoms. The molecule has 1 fully saturated rings. The highest BCUT2D eigenvalue weighted by Gasteiger charge is 2.33. The number of hydrogen-bond acceptors (Lipinski definition) is 4. The zero-order valence-electron chi connectivity index (χ0n) is 19.5. The third-order valence-electron chi connectivity index (χ3n) is 7.42. The van der Waals surface area contributed by atoms with Crippen LogP contribution in [0.5, 0.6) is 0 Å². The van der Waals surface area contributed by atoms with Gasteiger partial charge in [-0.05, 0) is 72.2 Å². The van der Waals surface area contributed by atoms with Crippen molar-refractivity contribution in [3.8, 4) is 11.1 Å². The molecule has 0 radical (unpaired) electrons. The van der Waals surface area contributed by atoms with Crippen molar-refractivity contribution in [3.05, 3.63) is 65.1 Å². The number of amides is 1. The Labute approximate surface area is 197 Å². The molecule has 3 aromatic heterocycles. The molecule has 1 atom stereocenters. The summed E-state index contributed by atoms with van der Waals surface area (Å²) in [5, 5.41) is 15.3. The van der Waals surface area contributed by atoms with Crippen LogP contribution in [-0.2, 0) is 20.0 Å². The van der Waals surface area contributed by atoms with Gasteiger partial charge in [0.05, 0.1) is 12.2 Å². The number of aromatic nitrogens is 4. The second kappa shape index (κ2) is 7.90. The minimum absolute atomic E-state index is 0.0971. The lowest BCUT2D eigenvalue weighted by Gasteiger charge is -2.34. The summed E-state index contributed by atoms with van der Waals surface area (Å²) in [5.74, 6) is 1.09. The average Bonchev–Trinajstić information content (AvgIpc) is 3.58. The van der Waals surface area contributed by atoms with E-state index in [0.717, 1.165) is 71.5 Å². The number of aryl methyl sites for hydroxylation is 2. The maximum Gasteiger partial charge on any atom is 0.407 e. The highest BCUT2D eigenvalue weighted by molar-refractivity contribution is 5.84.